The average Bonchev–Trinajstić information content (AvgIpc) is 3.05. The number of piperazine rings is 1. The highest BCUT2D eigenvalue weighted by atomic mass is 32.1. The van der Waals surface area contributed by atoms with Crippen molar-refractivity contribution in [3.63, 3.8) is 0 Å². The van der Waals surface area contributed by atoms with Crippen molar-refractivity contribution in [2.45, 2.75) is 38.0 Å². The quantitative estimate of drug-likeness (QED) is 0.370. The van der Waals surface area contributed by atoms with Gasteiger partial charge in [-0.2, -0.15) is 9.97 Å². The molecule has 3 fully saturated rings. The Morgan fingerprint density at radius 3 is 2.21 bits per heavy atom. The number of hydrogen-bond acceptors (Lipinski definition) is 7. The summed E-state index contributed by atoms with van der Waals surface area (Å²) in [7, 11) is 0. The van der Waals surface area contributed by atoms with Gasteiger partial charge in [-0.1, -0.05) is 55.5 Å². The second-order valence-electron chi connectivity index (χ2n) is 12.0. The Morgan fingerprint density at radius 1 is 0.881 bits per heavy atom. The van der Waals surface area contributed by atoms with Crippen LogP contribution in [0.25, 0.3) is 0 Å². The number of anilines is 4. The number of hydrogen-bond donors (Lipinski definition) is 2. The van der Waals surface area contributed by atoms with Crippen LogP contribution >= 0.6 is 12.2 Å². The van der Waals surface area contributed by atoms with Gasteiger partial charge in [0.15, 0.2) is 5.11 Å². The summed E-state index contributed by atoms with van der Waals surface area (Å²) in [6.07, 6.45) is 4.38. The van der Waals surface area contributed by atoms with E-state index in [9.17, 15) is 0 Å². The fraction of sp³-hybridized carbons (Fsp3) is 0.485. The minimum atomic E-state index is -0.0124. The van der Waals surface area contributed by atoms with Crippen molar-refractivity contribution in [1.82, 2.24) is 15.3 Å². The van der Waals surface area contributed by atoms with Crippen LogP contribution in [0.5, 0.6) is 0 Å². The summed E-state index contributed by atoms with van der Waals surface area (Å²) in [4.78, 5) is 17.2. The third kappa shape index (κ3) is 6.79. The van der Waals surface area contributed by atoms with Crippen LogP contribution in [0, 0.1) is 5.92 Å². The van der Waals surface area contributed by atoms with Gasteiger partial charge >= 0.3 is 0 Å². The van der Waals surface area contributed by atoms with Crippen LogP contribution in [0.3, 0.4) is 0 Å². The van der Waals surface area contributed by atoms with Gasteiger partial charge in [0.05, 0.1) is 0 Å². The summed E-state index contributed by atoms with van der Waals surface area (Å²) in [6.45, 7) is 10.4. The molecule has 9 heteroatoms. The minimum Gasteiger partial charge on any atom is -0.381 e. The molecule has 1 atom stereocenters. The third-order valence-electron chi connectivity index (χ3n) is 9.05. The first-order valence-corrected chi connectivity index (χ1v) is 15.9. The number of piperidine rings is 1. The van der Waals surface area contributed by atoms with Crippen LogP contribution in [0.1, 0.15) is 38.2 Å². The van der Waals surface area contributed by atoms with Crippen LogP contribution < -0.4 is 25.3 Å². The van der Waals surface area contributed by atoms with E-state index in [-0.39, 0.29) is 5.41 Å². The van der Waals surface area contributed by atoms with Gasteiger partial charge in [-0.15, -0.1) is 0 Å². The first-order valence-electron chi connectivity index (χ1n) is 15.5. The Bertz CT molecular complexity index is 1310. The van der Waals surface area contributed by atoms with Crippen LogP contribution in [0.2, 0.25) is 0 Å². The standard InChI is InChI=1S/C33H43N7OS/c1-26-9-8-16-40(24-26)30-23-29(39-19-17-38(18-20-39)28-12-6-3-7-13-28)35-31(36-30)37-32(42)34-25-33(14-21-41-22-15-33)27-10-4-2-5-11-27/h2-7,10-13,23,26H,8-9,14-22,24-25H2,1H3,(H2,34,35,36,37,42)/t26-/m1/s1. The van der Waals surface area contributed by atoms with Gasteiger partial charge in [0.25, 0.3) is 0 Å². The van der Waals surface area contributed by atoms with E-state index in [1.807, 2.05) is 0 Å². The van der Waals surface area contributed by atoms with Crippen molar-refractivity contribution in [1.29, 1.82) is 0 Å². The van der Waals surface area contributed by atoms with E-state index in [0.717, 1.165) is 83.5 Å². The molecule has 3 aromatic rings. The molecule has 2 aromatic carbocycles. The Morgan fingerprint density at radius 2 is 1.52 bits per heavy atom. The monoisotopic (exact) mass is 585 g/mol. The Kier molecular flexibility index (Phi) is 9.05. The summed E-state index contributed by atoms with van der Waals surface area (Å²) in [5, 5.41) is 7.43. The van der Waals surface area contributed by atoms with Crippen molar-refractivity contribution in [2.75, 3.05) is 79.0 Å². The maximum atomic E-state index is 5.82. The number of thiocarbonyl (C=S) groups is 1. The molecule has 1 aromatic heterocycles. The lowest BCUT2D eigenvalue weighted by molar-refractivity contribution is 0.0515. The third-order valence-corrected chi connectivity index (χ3v) is 9.30. The minimum absolute atomic E-state index is 0.0124. The number of benzene rings is 2. The molecule has 6 rings (SSSR count). The van der Waals surface area contributed by atoms with Gasteiger partial charge in [0.1, 0.15) is 11.6 Å². The highest BCUT2D eigenvalue weighted by Gasteiger charge is 2.34. The van der Waals surface area contributed by atoms with E-state index >= 15 is 0 Å². The Hall–Kier alpha value is -3.43. The molecule has 0 saturated carbocycles. The van der Waals surface area contributed by atoms with Gasteiger partial charge in [-0.3, -0.25) is 0 Å². The second kappa shape index (κ2) is 13.3. The van der Waals surface area contributed by atoms with Gasteiger partial charge < -0.3 is 30.1 Å². The lowest BCUT2D eigenvalue weighted by Crippen LogP contribution is -2.47. The Labute approximate surface area is 255 Å². The molecular weight excluding hydrogens is 542 g/mol. The lowest BCUT2D eigenvalue weighted by Gasteiger charge is -2.38. The van der Waals surface area contributed by atoms with E-state index in [1.54, 1.807) is 0 Å². The molecule has 0 radical (unpaired) electrons. The topological polar surface area (TPSA) is 68.8 Å². The van der Waals surface area contributed by atoms with E-state index in [1.165, 1.54) is 24.1 Å². The van der Waals surface area contributed by atoms with Crippen molar-refractivity contribution < 1.29 is 4.74 Å². The smallest absolute Gasteiger partial charge is 0.232 e. The zero-order valence-electron chi connectivity index (χ0n) is 24.7. The molecule has 2 N–H and O–H groups in total. The molecule has 8 nitrogen and oxygen atoms in total. The molecular formula is C33H43N7OS. The maximum absolute atomic E-state index is 5.82. The van der Waals surface area contributed by atoms with Gasteiger partial charge in [-0.05, 0) is 61.5 Å². The number of para-hydroxylation sites is 1. The van der Waals surface area contributed by atoms with Crippen LogP contribution in [0.15, 0.2) is 66.7 Å². The zero-order valence-corrected chi connectivity index (χ0v) is 25.5. The lowest BCUT2D eigenvalue weighted by atomic mass is 9.74. The zero-order chi connectivity index (χ0) is 28.8. The van der Waals surface area contributed by atoms with Crippen molar-refractivity contribution in [3.8, 4) is 0 Å². The predicted octanol–water partition coefficient (Wildman–Crippen LogP) is 5.07. The predicted molar refractivity (Wildman–Crippen MR) is 176 cm³/mol. The van der Waals surface area contributed by atoms with Gasteiger partial charge in [0.2, 0.25) is 5.95 Å². The molecule has 3 aliphatic rings. The second-order valence-corrected chi connectivity index (χ2v) is 12.4. The van der Waals surface area contributed by atoms with Crippen molar-refractivity contribution >= 4 is 40.6 Å². The maximum Gasteiger partial charge on any atom is 0.232 e. The Balaban J connectivity index is 1.17. The van der Waals surface area contributed by atoms with Crippen LogP contribution in [0.4, 0.5) is 23.3 Å². The van der Waals surface area contributed by atoms with Gasteiger partial charge in [-0.25, -0.2) is 0 Å². The molecule has 0 unspecified atom stereocenters. The number of nitrogens with zero attached hydrogens (tertiary/aromatic N) is 5. The number of nitrogens with one attached hydrogen (secondary N) is 2. The first kappa shape index (κ1) is 28.7. The summed E-state index contributed by atoms with van der Waals surface area (Å²) < 4.78 is 5.72. The molecule has 42 heavy (non-hydrogen) atoms. The molecule has 4 heterocycles. The number of aromatic nitrogens is 2. The molecule has 0 bridgehead atoms. The number of rotatable bonds is 7. The SMILES string of the molecule is C[C@@H]1CCCN(c2cc(N3CCN(c4ccccc4)CC3)nc(NC(=S)NCC3(c4ccccc4)CCOCC3)n2)C1. The van der Waals surface area contributed by atoms with Crippen LogP contribution in [-0.2, 0) is 10.2 Å². The van der Waals surface area contributed by atoms with E-state index in [2.05, 4.69) is 99.0 Å². The highest BCUT2D eigenvalue weighted by Crippen LogP contribution is 2.34. The summed E-state index contributed by atoms with van der Waals surface area (Å²) in [5.74, 6) is 3.15. The van der Waals surface area contributed by atoms with E-state index in [0.29, 0.717) is 17.0 Å². The first-order chi connectivity index (χ1) is 20.6. The largest absolute Gasteiger partial charge is 0.381 e. The van der Waals surface area contributed by atoms with Crippen LogP contribution in [-0.4, -0.2) is 74.1 Å². The summed E-state index contributed by atoms with van der Waals surface area (Å²) in [6, 6.07) is 23.6. The molecule has 0 spiro atoms. The molecule has 3 saturated heterocycles. The molecule has 0 amide bonds. The molecule has 222 valence electrons. The van der Waals surface area contributed by atoms with E-state index in [4.69, 9.17) is 26.9 Å². The molecule has 3 aliphatic heterocycles. The normalized spacial score (nSPS) is 20.7. The fourth-order valence-corrected chi connectivity index (χ4v) is 6.71. The fourth-order valence-electron chi connectivity index (χ4n) is 6.55. The summed E-state index contributed by atoms with van der Waals surface area (Å²) >= 11 is 5.82. The number of ether oxygens (including phenoxy) is 1. The average molecular weight is 586 g/mol. The van der Waals surface area contributed by atoms with Crippen molar-refractivity contribution in [3.05, 3.63) is 72.3 Å². The van der Waals surface area contributed by atoms with E-state index < -0.39 is 0 Å². The van der Waals surface area contributed by atoms with Crippen molar-refractivity contribution in [2.24, 2.45) is 5.92 Å². The summed E-state index contributed by atoms with van der Waals surface area (Å²) in [5.41, 5.74) is 2.60. The van der Waals surface area contributed by atoms with Gasteiger partial charge in [0, 0.05) is 76.2 Å². The molecule has 0 aliphatic carbocycles. The highest BCUT2D eigenvalue weighted by molar-refractivity contribution is 7.80.